The molecule has 1 aromatic rings. The highest BCUT2D eigenvalue weighted by Gasteiger charge is 2.20. The van der Waals surface area contributed by atoms with Crippen molar-refractivity contribution in [3.8, 4) is 0 Å². The summed E-state index contributed by atoms with van der Waals surface area (Å²) in [7, 11) is -3.58. The van der Waals surface area contributed by atoms with Crippen LogP contribution in [0.15, 0.2) is 30.3 Å². The molecule has 1 atom stereocenters. The second kappa shape index (κ2) is 4.23. The fourth-order valence-electron chi connectivity index (χ4n) is 1.07. The van der Waals surface area contributed by atoms with E-state index in [1.54, 1.807) is 30.3 Å². The summed E-state index contributed by atoms with van der Waals surface area (Å²) < 4.78 is 24.6. The van der Waals surface area contributed by atoms with E-state index in [0.29, 0.717) is 5.56 Å². The minimum atomic E-state index is -3.58. The number of sulfonamides is 1. The minimum Gasteiger partial charge on any atom is -0.278 e. The number of nitrogens with one attached hydrogen (secondary N) is 1. The summed E-state index contributed by atoms with van der Waals surface area (Å²) >= 11 is 0. The van der Waals surface area contributed by atoms with Crippen molar-refractivity contribution in [1.82, 2.24) is 4.72 Å². The van der Waals surface area contributed by atoms with Crippen molar-refractivity contribution < 1.29 is 13.2 Å². The van der Waals surface area contributed by atoms with E-state index >= 15 is 0 Å². The van der Waals surface area contributed by atoms with Gasteiger partial charge in [0.25, 0.3) is 0 Å². The minimum absolute atomic E-state index is 0.175. The summed E-state index contributed by atoms with van der Waals surface area (Å²) in [5.74, 6) is 0. The van der Waals surface area contributed by atoms with Crippen molar-refractivity contribution >= 4 is 16.4 Å². The fraction of sp³-hybridized carbons (Fsp3) is 0.222. The number of hydrogen-bond acceptors (Lipinski definition) is 3. The average molecular weight is 213 g/mol. The smallest absolute Gasteiger partial charge is 0.241 e. The molecule has 0 spiro atoms. The Bertz CT molecular complexity index is 399. The molecule has 1 aromatic carbocycles. The molecule has 0 aliphatic carbocycles. The van der Waals surface area contributed by atoms with Crippen LogP contribution in [0.3, 0.4) is 0 Å². The normalized spacial score (nSPS) is 13.2. The van der Waals surface area contributed by atoms with Crippen molar-refractivity contribution in [1.29, 1.82) is 0 Å². The van der Waals surface area contributed by atoms with Crippen LogP contribution in [0.25, 0.3) is 0 Å². The molecular formula is C9H11NO3S. The largest absolute Gasteiger partial charge is 0.278 e. The molecule has 4 nitrogen and oxygen atoms in total. The molecule has 0 radical (unpaired) electrons. The molecular weight excluding hydrogens is 202 g/mol. The third-order valence-electron chi connectivity index (χ3n) is 1.95. The predicted octanol–water partition coefficient (Wildman–Crippen LogP) is 0.823. The lowest BCUT2D eigenvalue weighted by atomic mass is 10.2. The Morgan fingerprint density at radius 1 is 1.29 bits per heavy atom. The Balaban J connectivity index is 2.96. The molecule has 5 heteroatoms. The van der Waals surface area contributed by atoms with Gasteiger partial charge in [-0.15, -0.1) is 0 Å². The van der Waals surface area contributed by atoms with E-state index in [0.717, 1.165) is 0 Å². The maximum absolute atomic E-state index is 11.4. The standard InChI is InChI=1S/C9H11NO3S/c1-8(14(12,13)10-7-11)9-5-3-2-4-6-9/h2-8H,1H3,(H,10,11). The first-order chi connectivity index (χ1) is 6.58. The molecule has 1 amide bonds. The lowest BCUT2D eigenvalue weighted by Crippen LogP contribution is -2.26. The van der Waals surface area contributed by atoms with Gasteiger partial charge in [-0.1, -0.05) is 30.3 Å². The van der Waals surface area contributed by atoms with E-state index in [9.17, 15) is 13.2 Å². The molecule has 1 unspecified atom stereocenters. The highest BCUT2D eigenvalue weighted by molar-refractivity contribution is 7.90. The van der Waals surface area contributed by atoms with Gasteiger partial charge in [-0.2, -0.15) is 0 Å². The predicted molar refractivity (Wildman–Crippen MR) is 53.0 cm³/mol. The Morgan fingerprint density at radius 2 is 1.86 bits per heavy atom. The summed E-state index contributed by atoms with van der Waals surface area (Å²) in [4.78, 5) is 10.1. The lowest BCUT2D eigenvalue weighted by molar-refractivity contribution is -0.108. The average Bonchev–Trinajstić information content (AvgIpc) is 2.18. The Labute approximate surface area is 83.0 Å². The second-order valence-electron chi connectivity index (χ2n) is 2.83. The van der Waals surface area contributed by atoms with Gasteiger partial charge in [0, 0.05) is 0 Å². The van der Waals surface area contributed by atoms with Gasteiger partial charge in [0.2, 0.25) is 16.4 Å². The van der Waals surface area contributed by atoms with Gasteiger partial charge in [-0.3, -0.25) is 9.52 Å². The number of rotatable bonds is 4. The molecule has 1 N–H and O–H groups in total. The van der Waals surface area contributed by atoms with E-state index in [-0.39, 0.29) is 6.41 Å². The Kier molecular flexibility index (Phi) is 3.24. The highest BCUT2D eigenvalue weighted by atomic mass is 32.2. The van der Waals surface area contributed by atoms with Gasteiger partial charge in [0.05, 0.1) is 0 Å². The number of carbonyl (C=O) groups excluding carboxylic acids is 1. The van der Waals surface area contributed by atoms with Crippen LogP contribution >= 0.6 is 0 Å². The first-order valence-corrected chi connectivity index (χ1v) is 5.62. The van der Waals surface area contributed by atoms with Crippen LogP contribution in [-0.2, 0) is 14.8 Å². The molecule has 0 fully saturated rings. The van der Waals surface area contributed by atoms with Crippen molar-refractivity contribution in [2.45, 2.75) is 12.2 Å². The topological polar surface area (TPSA) is 63.2 Å². The van der Waals surface area contributed by atoms with E-state index in [2.05, 4.69) is 0 Å². The van der Waals surface area contributed by atoms with Crippen molar-refractivity contribution in [3.05, 3.63) is 35.9 Å². The molecule has 0 saturated carbocycles. The van der Waals surface area contributed by atoms with E-state index in [1.807, 2.05) is 4.72 Å². The van der Waals surface area contributed by atoms with Crippen molar-refractivity contribution in [3.63, 3.8) is 0 Å². The number of benzene rings is 1. The van der Waals surface area contributed by atoms with Crippen LogP contribution in [0.2, 0.25) is 0 Å². The quantitative estimate of drug-likeness (QED) is 0.753. The molecule has 0 bridgehead atoms. The van der Waals surface area contributed by atoms with Crippen LogP contribution in [0, 0.1) is 0 Å². The van der Waals surface area contributed by atoms with Crippen LogP contribution in [-0.4, -0.2) is 14.8 Å². The molecule has 0 aliphatic heterocycles. The van der Waals surface area contributed by atoms with E-state index < -0.39 is 15.3 Å². The zero-order valence-electron chi connectivity index (χ0n) is 7.67. The number of hydrogen-bond donors (Lipinski definition) is 1. The van der Waals surface area contributed by atoms with Crippen LogP contribution in [0.5, 0.6) is 0 Å². The zero-order chi connectivity index (χ0) is 10.6. The van der Waals surface area contributed by atoms with Gasteiger partial charge in [-0.25, -0.2) is 8.42 Å². The fourth-order valence-corrected chi connectivity index (χ4v) is 1.93. The summed E-state index contributed by atoms with van der Waals surface area (Å²) in [5.41, 5.74) is 0.654. The number of amides is 1. The summed E-state index contributed by atoms with van der Waals surface area (Å²) in [5, 5.41) is -0.728. The molecule has 0 aromatic heterocycles. The summed E-state index contributed by atoms with van der Waals surface area (Å²) in [6, 6.07) is 8.71. The first-order valence-electron chi connectivity index (χ1n) is 4.07. The van der Waals surface area contributed by atoms with Gasteiger partial charge in [0.1, 0.15) is 5.25 Å². The molecule has 0 heterocycles. The van der Waals surface area contributed by atoms with Crippen molar-refractivity contribution in [2.24, 2.45) is 0 Å². The third kappa shape index (κ3) is 2.32. The maximum atomic E-state index is 11.4. The van der Waals surface area contributed by atoms with E-state index in [1.165, 1.54) is 6.92 Å². The zero-order valence-corrected chi connectivity index (χ0v) is 8.49. The second-order valence-corrected chi connectivity index (χ2v) is 4.87. The van der Waals surface area contributed by atoms with Gasteiger partial charge < -0.3 is 0 Å². The number of carbonyl (C=O) groups is 1. The molecule has 76 valence electrons. The van der Waals surface area contributed by atoms with Gasteiger partial charge in [-0.05, 0) is 12.5 Å². The SMILES string of the molecule is CC(c1ccccc1)S(=O)(=O)NC=O. The highest BCUT2D eigenvalue weighted by Crippen LogP contribution is 2.19. The van der Waals surface area contributed by atoms with Crippen LogP contribution in [0.1, 0.15) is 17.7 Å². The lowest BCUT2D eigenvalue weighted by Gasteiger charge is -2.11. The molecule has 14 heavy (non-hydrogen) atoms. The molecule has 0 saturated heterocycles. The monoisotopic (exact) mass is 213 g/mol. The Morgan fingerprint density at radius 3 is 2.36 bits per heavy atom. The van der Waals surface area contributed by atoms with Crippen LogP contribution in [0.4, 0.5) is 0 Å². The third-order valence-corrected chi connectivity index (χ3v) is 3.57. The van der Waals surface area contributed by atoms with Crippen LogP contribution < -0.4 is 4.72 Å². The first kappa shape index (κ1) is 10.7. The summed E-state index contributed by atoms with van der Waals surface area (Å²) in [6.07, 6.45) is 0.175. The van der Waals surface area contributed by atoms with E-state index in [4.69, 9.17) is 0 Å². The van der Waals surface area contributed by atoms with Crippen molar-refractivity contribution in [2.75, 3.05) is 0 Å². The maximum Gasteiger partial charge on any atom is 0.241 e. The van der Waals surface area contributed by atoms with Gasteiger partial charge in [0.15, 0.2) is 0 Å². The molecule has 1 rings (SSSR count). The summed E-state index contributed by atoms with van der Waals surface area (Å²) in [6.45, 7) is 1.53. The van der Waals surface area contributed by atoms with Gasteiger partial charge >= 0.3 is 0 Å². The Hall–Kier alpha value is -1.36. The molecule has 0 aliphatic rings.